The van der Waals surface area contributed by atoms with E-state index in [1.54, 1.807) is 0 Å². The summed E-state index contributed by atoms with van der Waals surface area (Å²) in [6.45, 7) is 2.35. The van der Waals surface area contributed by atoms with Crippen LogP contribution in [0.1, 0.15) is 62.4 Å². The van der Waals surface area contributed by atoms with Gasteiger partial charge in [0.25, 0.3) is 0 Å². The van der Waals surface area contributed by atoms with Crippen LogP contribution in [0.2, 0.25) is 0 Å². The molecule has 3 heteroatoms. The van der Waals surface area contributed by atoms with Gasteiger partial charge >= 0.3 is 0 Å². The highest BCUT2D eigenvalue weighted by atomic mass is 14.9. The van der Waals surface area contributed by atoms with E-state index in [1.165, 1.54) is 60.7 Å². The van der Waals surface area contributed by atoms with Crippen LogP contribution in [-0.4, -0.2) is 15.0 Å². The van der Waals surface area contributed by atoms with Crippen molar-refractivity contribution in [3.63, 3.8) is 0 Å². The molecule has 1 unspecified atom stereocenters. The Labute approximate surface area is 306 Å². The Morgan fingerprint density at radius 3 is 2.10 bits per heavy atom. The molecule has 0 bridgehead atoms. The van der Waals surface area contributed by atoms with Crippen molar-refractivity contribution in [1.29, 1.82) is 0 Å². The first-order valence-electron chi connectivity index (χ1n) is 18.6. The Morgan fingerprint density at radius 2 is 1.25 bits per heavy atom. The van der Waals surface area contributed by atoms with E-state index in [9.17, 15) is 0 Å². The van der Waals surface area contributed by atoms with Gasteiger partial charge in [0.2, 0.25) is 0 Å². The molecule has 52 heavy (non-hydrogen) atoms. The van der Waals surface area contributed by atoms with Crippen molar-refractivity contribution >= 4 is 38.4 Å². The van der Waals surface area contributed by atoms with Crippen molar-refractivity contribution in [2.75, 3.05) is 0 Å². The molecule has 3 aliphatic rings. The van der Waals surface area contributed by atoms with E-state index in [1.807, 2.05) is 12.3 Å². The standard InChI is InChI=1S/C49H41N3/c1-33-28-41(34-10-4-2-3-5-11-34)26-27-45(33)48-31-47(38-21-16-37(17-22-38)44-30-43-14-8-9-15-46(43)50-32-44)51-49(52-48)39-23-18-36(19-24-39)42-25-20-35-12-6-7-13-40(35)29-42/h2-3,6-10,12-16,18-21,23-27,29-33H,4-5,11,17,22,28H2,1H3. The number of para-hydroxylation sites is 1. The topological polar surface area (TPSA) is 38.7 Å². The fourth-order valence-electron chi connectivity index (χ4n) is 7.90. The number of rotatable bonds is 6. The molecule has 6 aromatic rings. The number of benzene rings is 4. The van der Waals surface area contributed by atoms with Gasteiger partial charge in [-0.3, -0.25) is 4.98 Å². The number of pyridine rings is 1. The lowest BCUT2D eigenvalue weighted by molar-refractivity contribution is 0.720. The molecule has 0 amide bonds. The SMILES string of the molecule is CC1CC(C2=CCC=CCC2)=CC=C1c1cc(C2=CC=C(c3cnc4ccccc4c3)CC2)nc(-c2ccc(-c3ccc4ccccc4c3)cc2)n1. The quantitative estimate of drug-likeness (QED) is 0.165. The van der Waals surface area contributed by atoms with Gasteiger partial charge in [-0.2, -0.15) is 0 Å². The second-order valence-corrected chi connectivity index (χ2v) is 14.3. The van der Waals surface area contributed by atoms with Crippen LogP contribution in [0.15, 0.2) is 163 Å². The van der Waals surface area contributed by atoms with Crippen LogP contribution in [0.5, 0.6) is 0 Å². The summed E-state index contributed by atoms with van der Waals surface area (Å²) < 4.78 is 0. The maximum Gasteiger partial charge on any atom is 0.160 e. The Bertz CT molecular complexity index is 2520. The van der Waals surface area contributed by atoms with Gasteiger partial charge in [-0.1, -0.05) is 128 Å². The summed E-state index contributed by atoms with van der Waals surface area (Å²) in [5, 5.41) is 3.68. The van der Waals surface area contributed by atoms with Crippen molar-refractivity contribution < 1.29 is 0 Å². The number of aromatic nitrogens is 3. The highest BCUT2D eigenvalue weighted by Crippen LogP contribution is 2.39. The first-order chi connectivity index (χ1) is 25.6. The number of fused-ring (bicyclic) bond motifs is 2. The molecule has 252 valence electrons. The molecule has 0 saturated carbocycles. The third kappa shape index (κ3) is 6.51. The lowest BCUT2D eigenvalue weighted by Gasteiger charge is -2.24. The second kappa shape index (κ2) is 14.0. The summed E-state index contributed by atoms with van der Waals surface area (Å²) >= 11 is 0. The first kappa shape index (κ1) is 32.0. The Kier molecular flexibility index (Phi) is 8.62. The number of allylic oxidation sites excluding steroid dienone is 12. The molecule has 0 N–H and O–H groups in total. The van der Waals surface area contributed by atoms with Crippen LogP contribution in [0.25, 0.3) is 60.9 Å². The molecule has 0 fully saturated rings. The van der Waals surface area contributed by atoms with E-state index in [4.69, 9.17) is 15.0 Å². The molecular weight excluding hydrogens is 631 g/mol. The van der Waals surface area contributed by atoms with Gasteiger partial charge in [0.05, 0.1) is 16.9 Å². The van der Waals surface area contributed by atoms with Crippen molar-refractivity contribution in [2.45, 2.75) is 45.4 Å². The van der Waals surface area contributed by atoms with Gasteiger partial charge in [0.1, 0.15) is 0 Å². The average Bonchev–Trinajstić information content (AvgIpc) is 3.50. The minimum atomic E-state index is 0.357. The van der Waals surface area contributed by atoms with Gasteiger partial charge in [0, 0.05) is 17.1 Å². The van der Waals surface area contributed by atoms with Crippen LogP contribution in [-0.2, 0) is 0 Å². The first-order valence-corrected chi connectivity index (χ1v) is 18.6. The smallest absolute Gasteiger partial charge is 0.160 e. The predicted molar refractivity (Wildman–Crippen MR) is 218 cm³/mol. The average molecular weight is 672 g/mol. The van der Waals surface area contributed by atoms with Gasteiger partial charge in [-0.05, 0) is 124 Å². The molecule has 2 heterocycles. The molecule has 0 radical (unpaired) electrons. The van der Waals surface area contributed by atoms with Crippen molar-refractivity contribution in [3.05, 3.63) is 180 Å². The molecule has 0 saturated heterocycles. The fraction of sp³-hybridized carbons (Fsp3) is 0.163. The summed E-state index contributed by atoms with van der Waals surface area (Å²) in [6.07, 6.45) is 24.4. The molecule has 0 spiro atoms. The molecule has 4 aromatic carbocycles. The maximum absolute atomic E-state index is 5.28. The number of hydrogen-bond acceptors (Lipinski definition) is 3. The minimum Gasteiger partial charge on any atom is -0.256 e. The van der Waals surface area contributed by atoms with Gasteiger partial charge < -0.3 is 0 Å². The summed E-state index contributed by atoms with van der Waals surface area (Å²) in [5.41, 5.74) is 14.5. The van der Waals surface area contributed by atoms with Crippen molar-refractivity contribution in [1.82, 2.24) is 15.0 Å². The monoisotopic (exact) mass is 671 g/mol. The zero-order chi connectivity index (χ0) is 34.9. The lowest BCUT2D eigenvalue weighted by Crippen LogP contribution is -2.10. The third-order valence-electron chi connectivity index (χ3n) is 10.9. The minimum absolute atomic E-state index is 0.357. The molecule has 3 aliphatic carbocycles. The summed E-state index contributed by atoms with van der Waals surface area (Å²) in [7, 11) is 0. The van der Waals surface area contributed by atoms with Crippen LogP contribution >= 0.6 is 0 Å². The van der Waals surface area contributed by atoms with Crippen molar-refractivity contribution in [3.8, 4) is 22.5 Å². The van der Waals surface area contributed by atoms with Crippen LogP contribution in [0, 0.1) is 5.92 Å². The van der Waals surface area contributed by atoms with E-state index < -0.39 is 0 Å². The van der Waals surface area contributed by atoms with Crippen molar-refractivity contribution in [2.24, 2.45) is 5.92 Å². The van der Waals surface area contributed by atoms with Crippen LogP contribution in [0.3, 0.4) is 0 Å². The molecule has 2 aromatic heterocycles. The fourth-order valence-corrected chi connectivity index (χ4v) is 7.90. The lowest BCUT2D eigenvalue weighted by atomic mass is 9.82. The largest absolute Gasteiger partial charge is 0.256 e. The van der Waals surface area contributed by atoms with E-state index in [-0.39, 0.29) is 0 Å². The Hall–Kier alpha value is -5.93. The van der Waals surface area contributed by atoms with E-state index in [0.717, 1.165) is 66.8 Å². The molecular formula is C49H41N3. The predicted octanol–water partition coefficient (Wildman–Crippen LogP) is 12.8. The zero-order valence-corrected chi connectivity index (χ0v) is 29.6. The molecule has 1 atom stereocenters. The van der Waals surface area contributed by atoms with Gasteiger partial charge in [-0.15, -0.1) is 0 Å². The third-order valence-corrected chi connectivity index (χ3v) is 10.9. The molecule has 9 rings (SSSR count). The Morgan fingerprint density at radius 1 is 0.538 bits per heavy atom. The highest BCUT2D eigenvalue weighted by molar-refractivity contribution is 5.88. The molecule has 3 nitrogen and oxygen atoms in total. The summed E-state index contributed by atoms with van der Waals surface area (Å²) in [4.78, 5) is 15.3. The zero-order valence-electron chi connectivity index (χ0n) is 29.6. The summed E-state index contributed by atoms with van der Waals surface area (Å²) in [6, 6.07) is 36.8. The Balaban J connectivity index is 1.08. The van der Waals surface area contributed by atoms with E-state index in [2.05, 4.69) is 147 Å². The summed E-state index contributed by atoms with van der Waals surface area (Å²) in [5.74, 6) is 1.13. The van der Waals surface area contributed by atoms with E-state index in [0.29, 0.717) is 5.92 Å². The van der Waals surface area contributed by atoms with E-state index >= 15 is 0 Å². The van der Waals surface area contributed by atoms with Crippen LogP contribution < -0.4 is 0 Å². The highest BCUT2D eigenvalue weighted by Gasteiger charge is 2.22. The normalized spacial score (nSPS) is 17.6. The van der Waals surface area contributed by atoms with Gasteiger partial charge in [0.15, 0.2) is 5.82 Å². The second-order valence-electron chi connectivity index (χ2n) is 14.3. The molecule has 0 aliphatic heterocycles. The number of hydrogen-bond donors (Lipinski definition) is 0. The number of nitrogens with zero attached hydrogens (tertiary/aromatic N) is 3. The maximum atomic E-state index is 5.28. The van der Waals surface area contributed by atoms with Crippen LogP contribution in [0.4, 0.5) is 0 Å². The van der Waals surface area contributed by atoms with Gasteiger partial charge in [-0.25, -0.2) is 9.97 Å².